The normalized spacial score (nSPS) is 17.3. The third-order valence-corrected chi connectivity index (χ3v) is 6.17. The Balaban J connectivity index is 1.40. The molecule has 6 nitrogen and oxygen atoms in total. The van der Waals surface area contributed by atoms with Crippen LogP contribution in [0.5, 0.6) is 0 Å². The molecular weight excluding hydrogens is 402 g/mol. The van der Waals surface area contributed by atoms with E-state index in [4.69, 9.17) is 0 Å². The van der Waals surface area contributed by atoms with Crippen molar-refractivity contribution in [3.8, 4) is 0 Å². The Kier molecular flexibility index (Phi) is 9.11. The second-order valence-corrected chi connectivity index (χ2v) is 8.48. The largest absolute Gasteiger partial charge is 0.326 e. The number of piperidine rings is 1. The molecule has 0 unspecified atom stereocenters. The average molecular weight is 436 g/mol. The molecule has 32 heavy (non-hydrogen) atoms. The lowest BCUT2D eigenvalue weighted by Crippen LogP contribution is -2.35. The van der Waals surface area contributed by atoms with Crippen molar-refractivity contribution in [2.75, 3.05) is 19.6 Å². The van der Waals surface area contributed by atoms with Gasteiger partial charge in [-0.2, -0.15) is 0 Å². The van der Waals surface area contributed by atoms with Crippen molar-refractivity contribution < 1.29 is 9.59 Å². The topological polar surface area (TPSA) is 78.8 Å². The zero-order valence-electron chi connectivity index (χ0n) is 18.9. The van der Waals surface area contributed by atoms with Crippen LogP contribution in [0.1, 0.15) is 62.2 Å². The zero-order chi connectivity index (χ0) is 22.8. The van der Waals surface area contributed by atoms with Crippen molar-refractivity contribution in [3.05, 3.63) is 70.3 Å². The van der Waals surface area contributed by atoms with Gasteiger partial charge in [-0.3, -0.25) is 9.59 Å². The van der Waals surface area contributed by atoms with Crippen LogP contribution in [-0.2, 0) is 4.79 Å². The Morgan fingerprint density at radius 2 is 2.00 bits per heavy atom. The van der Waals surface area contributed by atoms with Gasteiger partial charge in [-0.05, 0) is 86.6 Å². The first-order chi connectivity index (χ1) is 15.6. The van der Waals surface area contributed by atoms with Crippen LogP contribution in [0.3, 0.4) is 0 Å². The number of ketones is 1. The van der Waals surface area contributed by atoms with Crippen molar-refractivity contribution in [2.45, 2.75) is 51.9 Å². The molecule has 1 aliphatic carbocycles. The number of likely N-dealkylation sites (tertiary alicyclic amines) is 1. The summed E-state index contributed by atoms with van der Waals surface area (Å²) in [6.45, 7) is 4.97. The summed E-state index contributed by atoms with van der Waals surface area (Å²) in [6, 6.07) is 6.61. The number of rotatable bonds is 10. The second-order valence-electron chi connectivity index (χ2n) is 8.48. The van der Waals surface area contributed by atoms with E-state index in [1.807, 2.05) is 6.92 Å². The third-order valence-electron chi connectivity index (χ3n) is 6.17. The first-order valence-corrected chi connectivity index (χ1v) is 11.7. The SMILES string of the molecule is CCC(=O)NC1=CCC=CC(C2CCN(CCCCC(=O)c3cccc(N=O)c3)CC2)=C1. The fraction of sp³-hybridized carbons (Fsp3) is 0.462. The molecule has 1 aromatic carbocycles. The molecule has 0 atom stereocenters. The van der Waals surface area contributed by atoms with Gasteiger partial charge in [0.1, 0.15) is 5.69 Å². The maximum atomic E-state index is 12.3. The van der Waals surface area contributed by atoms with E-state index in [-0.39, 0.29) is 11.7 Å². The number of carbonyl (C=O) groups excluding carboxylic acids is 2. The number of nitroso groups, excluding NO2 is 1. The molecule has 1 amide bonds. The maximum absolute atomic E-state index is 12.3. The highest BCUT2D eigenvalue weighted by molar-refractivity contribution is 5.96. The van der Waals surface area contributed by atoms with Gasteiger partial charge in [-0.25, -0.2) is 0 Å². The van der Waals surface area contributed by atoms with Gasteiger partial charge >= 0.3 is 0 Å². The maximum Gasteiger partial charge on any atom is 0.224 e. The van der Waals surface area contributed by atoms with Crippen LogP contribution in [0, 0.1) is 10.8 Å². The van der Waals surface area contributed by atoms with Crippen molar-refractivity contribution >= 4 is 17.4 Å². The highest BCUT2D eigenvalue weighted by Crippen LogP contribution is 2.28. The molecule has 3 rings (SSSR count). The van der Waals surface area contributed by atoms with E-state index in [9.17, 15) is 14.5 Å². The summed E-state index contributed by atoms with van der Waals surface area (Å²) in [4.78, 5) is 37.2. The number of Topliss-reactive ketones (excluding diaryl/α,β-unsaturated/α-hetero) is 1. The minimum absolute atomic E-state index is 0.0511. The van der Waals surface area contributed by atoms with Crippen molar-refractivity contribution in [3.63, 3.8) is 0 Å². The lowest BCUT2D eigenvalue weighted by molar-refractivity contribution is -0.120. The number of hydrogen-bond acceptors (Lipinski definition) is 5. The molecule has 0 bridgehead atoms. The molecule has 0 spiro atoms. The lowest BCUT2D eigenvalue weighted by Gasteiger charge is -2.32. The van der Waals surface area contributed by atoms with Gasteiger partial charge in [0.15, 0.2) is 5.78 Å². The van der Waals surface area contributed by atoms with Crippen LogP contribution >= 0.6 is 0 Å². The number of unbranched alkanes of at least 4 members (excludes halogenated alkanes) is 1. The summed E-state index contributed by atoms with van der Waals surface area (Å²) in [5.41, 5.74) is 3.09. The molecule has 0 aromatic heterocycles. The Bertz CT molecular complexity index is 909. The summed E-state index contributed by atoms with van der Waals surface area (Å²) in [5.74, 6) is 0.637. The molecule has 170 valence electrons. The molecular formula is C26H33N3O3. The van der Waals surface area contributed by atoms with Gasteiger partial charge in [0.2, 0.25) is 5.91 Å². The lowest BCUT2D eigenvalue weighted by atomic mass is 9.88. The van der Waals surface area contributed by atoms with Crippen LogP contribution in [-0.4, -0.2) is 36.2 Å². The van der Waals surface area contributed by atoms with E-state index in [0.717, 1.165) is 57.4 Å². The van der Waals surface area contributed by atoms with Gasteiger partial charge < -0.3 is 10.2 Å². The first-order valence-electron chi connectivity index (χ1n) is 11.7. The molecule has 1 N–H and O–H groups in total. The number of allylic oxidation sites excluding steroid dienone is 5. The number of nitrogens with zero attached hydrogens (tertiary/aromatic N) is 2. The molecule has 6 heteroatoms. The fourth-order valence-corrected chi connectivity index (χ4v) is 4.27. The number of amides is 1. The number of nitrogens with one attached hydrogen (secondary N) is 1. The van der Waals surface area contributed by atoms with Crippen LogP contribution in [0.25, 0.3) is 0 Å². The van der Waals surface area contributed by atoms with Crippen LogP contribution in [0.15, 0.2) is 65.0 Å². The molecule has 1 heterocycles. The van der Waals surface area contributed by atoms with Crippen LogP contribution in [0.2, 0.25) is 0 Å². The smallest absolute Gasteiger partial charge is 0.224 e. The van der Waals surface area contributed by atoms with E-state index < -0.39 is 0 Å². The second kappa shape index (κ2) is 12.2. The van der Waals surface area contributed by atoms with Gasteiger partial charge in [-0.15, -0.1) is 4.91 Å². The molecule has 1 aliphatic heterocycles. The fourth-order valence-electron chi connectivity index (χ4n) is 4.27. The number of hydrogen-bond donors (Lipinski definition) is 1. The quantitative estimate of drug-likeness (QED) is 0.301. The Hall–Kier alpha value is -2.86. The first kappa shape index (κ1) is 23.8. The molecule has 2 aliphatic rings. The van der Waals surface area contributed by atoms with E-state index in [1.54, 1.807) is 24.3 Å². The Morgan fingerprint density at radius 3 is 2.75 bits per heavy atom. The summed E-state index contributed by atoms with van der Waals surface area (Å²) in [7, 11) is 0. The Morgan fingerprint density at radius 1 is 1.19 bits per heavy atom. The molecule has 1 saturated heterocycles. The number of carbonyl (C=O) groups is 2. The van der Waals surface area contributed by atoms with Gasteiger partial charge in [0.25, 0.3) is 0 Å². The standard InChI is InChI=1S/C26H33N3O3/c1-2-26(31)27-23-10-4-3-8-21(18-23)20-13-16-29(17-14-20)15-6-5-12-25(30)22-9-7-11-24(19-22)28-32/h3,7-11,18-20H,2,4-6,12-17H2,1H3,(H,27,31). The zero-order valence-corrected chi connectivity index (χ0v) is 18.9. The predicted molar refractivity (Wildman–Crippen MR) is 128 cm³/mol. The van der Waals surface area contributed by atoms with E-state index in [1.165, 1.54) is 5.57 Å². The summed E-state index contributed by atoms with van der Waals surface area (Å²) in [6.07, 6.45) is 14.5. The average Bonchev–Trinajstić information content (AvgIpc) is 3.07. The predicted octanol–water partition coefficient (Wildman–Crippen LogP) is 5.45. The molecule has 1 fully saturated rings. The molecule has 0 saturated carbocycles. The molecule has 0 radical (unpaired) electrons. The minimum atomic E-state index is 0.0511. The van der Waals surface area contributed by atoms with Crippen molar-refractivity contribution in [1.29, 1.82) is 0 Å². The summed E-state index contributed by atoms with van der Waals surface area (Å²) < 4.78 is 0. The van der Waals surface area contributed by atoms with E-state index in [2.05, 4.69) is 39.7 Å². The summed E-state index contributed by atoms with van der Waals surface area (Å²) in [5, 5.41) is 5.89. The monoisotopic (exact) mass is 435 g/mol. The highest BCUT2D eigenvalue weighted by atomic mass is 16.3. The minimum Gasteiger partial charge on any atom is -0.326 e. The third kappa shape index (κ3) is 7.09. The van der Waals surface area contributed by atoms with Crippen LogP contribution in [0.4, 0.5) is 5.69 Å². The van der Waals surface area contributed by atoms with Crippen molar-refractivity contribution in [1.82, 2.24) is 10.2 Å². The van der Waals surface area contributed by atoms with Gasteiger partial charge in [0.05, 0.1) is 0 Å². The van der Waals surface area contributed by atoms with Gasteiger partial charge in [0, 0.05) is 24.1 Å². The van der Waals surface area contributed by atoms with Gasteiger partial charge in [-0.1, -0.05) is 37.3 Å². The number of benzene rings is 1. The van der Waals surface area contributed by atoms with Crippen LogP contribution < -0.4 is 5.32 Å². The summed E-state index contributed by atoms with van der Waals surface area (Å²) >= 11 is 0. The Labute approximate surface area is 190 Å². The highest BCUT2D eigenvalue weighted by Gasteiger charge is 2.21. The van der Waals surface area contributed by atoms with Crippen molar-refractivity contribution in [2.24, 2.45) is 11.1 Å². The van der Waals surface area contributed by atoms with E-state index in [0.29, 0.717) is 30.0 Å². The molecule has 1 aromatic rings. The van der Waals surface area contributed by atoms with E-state index >= 15 is 0 Å².